The summed E-state index contributed by atoms with van der Waals surface area (Å²) in [5, 5.41) is 0. The molecule has 1 aliphatic rings. The van der Waals surface area contributed by atoms with Crippen LogP contribution in [0.25, 0.3) is 6.08 Å². The molecule has 1 aromatic heterocycles. The molecule has 0 radical (unpaired) electrons. The Kier molecular flexibility index (Phi) is 2.21. The molecule has 1 heterocycles. The van der Waals surface area contributed by atoms with Gasteiger partial charge in [-0.25, -0.2) is 0 Å². The third-order valence-electron chi connectivity index (χ3n) is 2.18. The van der Waals surface area contributed by atoms with Gasteiger partial charge in [0.2, 0.25) is 0 Å². The first-order valence-electron chi connectivity index (χ1n) is 4.52. The molecule has 0 spiro atoms. The average Bonchev–Trinajstić information content (AvgIpc) is 2.90. The van der Waals surface area contributed by atoms with E-state index in [1.54, 1.807) is 0 Å². The smallest absolute Gasteiger partial charge is 0.0273 e. The molecule has 0 bridgehead atoms. The maximum atomic E-state index is 3.97. The number of hydrogen-bond acceptors (Lipinski definition) is 1. The standard InChI is InChI=1S/C11H13N/c1(2-10-4-5-10)3-11-6-8-12-9-7-11/h1,3,6-10H,2,4-5H2. The Balaban J connectivity index is 1.89. The van der Waals surface area contributed by atoms with Gasteiger partial charge in [0.1, 0.15) is 0 Å². The highest BCUT2D eigenvalue weighted by atomic mass is 14.6. The molecule has 0 N–H and O–H groups in total. The molecule has 0 saturated heterocycles. The molecule has 2 rings (SSSR count). The van der Waals surface area contributed by atoms with Gasteiger partial charge in [-0.1, -0.05) is 12.2 Å². The van der Waals surface area contributed by atoms with Crippen LogP contribution in [0.1, 0.15) is 24.8 Å². The molecule has 1 saturated carbocycles. The van der Waals surface area contributed by atoms with Gasteiger partial charge >= 0.3 is 0 Å². The number of rotatable bonds is 3. The van der Waals surface area contributed by atoms with Gasteiger partial charge in [-0.2, -0.15) is 0 Å². The van der Waals surface area contributed by atoms with Crippen molar-refractivity contribution >= 4 is 6.08 Å². The second-order valence-corrected chi connectivity index (χ2v) is 3.36. The second-order valence-electron chi connectivity index (χ2n) is 3.36. The van der Waals surface area contributed by atoms with E-state index in [4.69, 9.17) is 0 Å². The second kappa shape index (κ2) is 3.53. The third kappa shape index (κ3) is 2.19. The first-order valence-corrected chi connectivity index (χ1v) is 4.52. The Morgan fingerprint density at radius 1 is 1.33 bits per heavy atom. The summed E-state index contributed by atoms with van der Waals surface area (Å²) in [6, 6.07) is 4.06. The van der Waals surface area contributed by atoms with E-state index in [2.05, 4.69) is 17.1 Å². The van der Waals surface area contributed by atoms with E-state index in [1.165, 1.54) is 24.8 Å². The van der Waals surface area contributed by atoms with Crippen molar-refractivity contribution in [3.05, 3.63) is 36.2 Å². The zero-order valence-corrected chi connectivity index (χ0v) is 7.11. The third-order valence-corrected chi connectivity index (χ3v) is 2.18. The SMILES string of the molecule is C(=Cc1ccncc1)CC1CC1. The summed E-state index contributed by atoms with van der Waals surface area (Å²) in [6.07, 6.45) is 12.2. The Morgan fingerprint density at radius 3 is 2.75 bits per heavy atom. The van der Waals surface area contributed by atoms with Crippen LogP contribution in [0.15, 0.2) is 30.6 Å². The Morgan fingerprint density at radius 2 is 2.08 bits per heavy atom. The summed E-state index contributed by atoms with van der Waals surface area (Å²) in [5.41, 5.74) is 1.26. The minimum atomic E-state index is 0.989. The van der Waals surface area contributed by atoms with Crippen molar-refractivity contribution in [3.8, 4) is 0 Å². The number of pyridine rings is 1. The van der Waals surface area contributed by atoms with E-state index < -0.39 is 0 Å². The predicted molar refractivity (Wildman–Crippen MR) is 50.6 cm³/mol. The quantitative estimate of drug-likeness (QED) is 0.660. The van der Waals surface area contributed by atoms with Gasteiger partial charge in [0.25, 0.3) is 0 Å². The Hall–Kier alpha value is -1.11. The fraction of sp³-hybridized carbons (Fsp3) is 0.364. The molecule has 1 aromatic rings. The molecule has 1 fully saturated rings. The molecule has 0 unspecified atom stereocenters. The highest BCUT2D eigenvalue weighted by molar-refractivity contribution is 5.47. The molecular weight excluding hydrogens is 146 g/mol. The summed E-state index contributed by atoms with van der Waals surface area (Å²) in [7, 11) is 0. The number of aromatic nitrogens is 1. The molecule has 1 heteroatoms. The number of hydrogen-bond donors (Lipinski definition) is 0. The van der Waals surface area contributed by atoms with Crippen LogP contribution >= 0.6 is 0 Å². The van der Waals surface area contributed by atoms with Gasteiger partial charge in [0.05, 0.1) is 0 Å². The zero-order chi connectivity index (χ0) is 8.23. The Labute approximate surface area is 73.1 Å². The van der Waals surface area contributed by atoms with Gasteiger partial charge in [-0.15, -0.1) is 0 Å². The van der Waals surface area contributed by atoms with Crippen molar-refractivity contribution in [2.45, 2.75) is 19.3 Å². The maximum Gasteiger partial charge on any atom is 0.0273 e. The van der Waals surface area contributed by atoms with E-state index in [0.29, 0.717) is 0 Å². The Bertz CT molecular complexity index is 260. The van der Waals surface area contributed by atoms with Crippen molar-refractivity contribution in [3.63, 3.8) is 0 Å². The molecule has 62 valence electrons. The fourth-order valence-corrected chi connectivity index (χ4v) is 1.22. The van der Waals surface area contributed by atoms with Crippen molar-refractivity contribution in [1.29, 1.82) is 0 Å². The van der Waals surface area contributed by atoms with E-state index in [9.17, 15) is 0 Å². The predicted octanol–water partition coefficient (Wildman–Crippen LogP) is 2.89. The molecule has 1 aliphatic carbocycles. The van der Waals surface area contributed by atoms with Gasteiger partial charge in [-0.05, 0) is 42.9 Å². The number of nitrogens with zero attached hydrogens (tertiary/aromatic N) is 1. The minimum absolute atomic E-state index is 0.989. The van der Waals surface area contributed by atoms with Crippen molar-refractivity contribution in [1.82, 2.24) is 4.98 Å². The van der Waals surface area contributed by atoms with E-state index >= 15 is 0 Å². The first kappa shape index (κ1) is 7.53. The maximum absolute atomic E-state index is 3.97. The largest absolute Gasteiger partial charge is 0.265 e. The molecular formula is C11H13N. The van der Waals surface area contributed by atoms with E-state index in [0.717, 1.165) is 5.92 Å². The van der Waals surface area contributed by atoms with Crippen LogP contribution in [0, 0.1) is 5.92 Å². The lowest BCUT2D eigenvalue weighted by Gasteiger charge is -1.90. The van der Waals surface area contributed by atoms with Gasteiger partial charge < -0.3 is 0 Å². The molecule has 0 amide bonds. The van der Waals surface area contributed by atoms with Crippen molar-refractivity contribution in [2.75, 3.05) is 0 Å². The summed E-state index contributed by atoms with van der Waals surface area (Å²) in [6.45, 7) is 0. The van der Waals surface area contributed by atoms with Crippen molar-refractivity contribution < 1.29 is 0 Å². The summed E-state index contributed by atoms with van der Waals surface area (Å²) in [4.78, 5) is 3.97. The molecule has 0 atom stereocenters. The molecule has 12 heavy (non-hydrogen) atoms. The van der Waals surface area contributed by atoms with Gasteiger partial charge in [-0.3, -0.25) is 4.98 Å². The average molecular weight is 159 g/mol. The highest BCUT2D eigenvalue weighted by Crippen LogP contribution is 2.32. The summed E-state index contributed by atoms with van der Waals surface area (Å²) >= 11 is 0. The topological polar surface area (TPSA) is 12.9 Å². The summed E-state index contributed by atoms with van der Waals surface area (Å²) in [5.74, 6) is 0.989. The first-order chi connectivity index (χ1) is 5.95. The molecule has 0 aromatic carbocycles. The lowest BCUT2D eigenvalue weighted by atomic mass is 10.2. The monoisotopic (exact) mass is 159 g/mol. The van der Waals surface area contributed by atoms with Crippen LogP contribution in [0.2, 0.25) is 0 Å². The highest BCUT2D eigenvalue weighted by Gasteiger charge is 2.18. The van der Waals surface area contributed by atoms with Crippen LogP contribution < -0.4 is 0 Å². The normalized spacial score (nSPS) is 17.0. The van der Waals surface area contributed by atoms with Crippen LogP contribution in [0.3, 0.4) is 0 Å². The minimum Gasteiger partial charge on any atom is -0.265 e. The zero-order valence-electron chi connectivity index (χ0n) is 7.11. The van der Waals surface area contributed by atoms with Crippen LogP contribution in [0.5, 0.6) is 0 Å². The fourth-order valence-electron chi connectivity index (χ4n) is 1.22. The van der Waals surface area contributed by atoms with Crippen LogP contribution in [0.4, 0.5) is 0 Å². The van der Waals surface area contributed by atoms with Gasteiger partial charge in [0.15, 0.2) is 0 Å². The van der Waals surface area contributed by atoms with E-state index in [-0.39, 0.29) is 0 Å². The van der Waals surface area contributed by atoms with Crippen molar-refractivity contribution in [2.24, 2.45) is 5.92 Å². The summed E-state index contributed by atoms with van der Waals surface area (Å²) < 4.78 is 0. The lowest BCUT2D eigenvalue weighted by Crippen LogP contribution is -1.73. The molecule has 1 nitrogen and oxygen atoms in total. The van der Waals surface area contributed by atoms with E-state index in [1.807, 2.05) is 24.5 Å². The lowest BCUT2D eigenvalue weighted by molar-refractivity contribution is 0.866. The van der Waals surface area contributed by atoms with Gasteiger partial charge in [0, 0.05) is 12.4 Å². The number of allylic oxidation sites excluding steroid dienone is 1. The van der Waals surface area contributed by atoms with Crippen LogP contribution in [-0.4, -0.2) is 4.98 Å². The molecule has 0 aliphatic heterocycles. The van der Waals surface area contributed by atoms with Crippen LogP contribution in [-0.2, 0) is 0 Å².